The van der Waals surface area contributed by atoms with Gasteiger partial charge >= 0.3 is 6.18 Å². The Morgan fingerprint density at radius 3 is 2.77 bits per heavy atom. The Bertz CT molecular complexity index is 922. The smallest absolute Gasteiger partial charge is 0.316 e. The fourth-order valence-corrected chi connectivity index (χ4v) is 6.84. The van der Waals surface area contributed by atoms with Gasteiger partial charge in [-0.25, -0.2) is 8.42 Å². The maximum atomic E-state index is 13.0. The van der Waals surface area contributed by atoms with E-state index in [1.165, 1.54) is 17.0 Å². The number of anilines is 1. The van der Waals surface area contributed by atoms with Gasteiger partial charge in [-0.05, 0) is 18.2 Å². The van der Waals surface area contributed by atoms with E-state index in [-0.39, 0.29) is 22.4 Å². The summed E-state index contributed by atoms with van der Waals surface area (Å²) in [5.41, 5.74) is -0.771. The Hall–Kier alpha value is -2.06. The lowest BCUT2D eigenvalue weighted by atomic mass is 10.1. The predicted molar refractivity (Wildman–Crippen MR) is 90.4 cm³/mol. The van der Waals surface area contributed by atoms with Crippen molar-refractivity contribution in [1.82, 2.24) is 0 Å². The second-order valence-electron chi connectivity index (χ2n) is 5.84. The van der Waals surface area contributed by atoms with Gasteiger partial charge in [0.15, 0.2) is 15.0 Å². The number of benzene rings is 1. The molecule has 1 aromatic carbocycles. The molecule has 138 valence electrons. The van der Waals surface area contributed by atoms with Gasteiger partial charge in [0.2, 0.25) is 0 Å². The number of alkyl halides is 3. The number of amidine groups is 1. The van der Waals surface area contributed by atoms with E-state index in [0.717, 1.165) is 23.9 Å². The van der Waals surface area contributed by atoms with Gasteiger partial charge in [-0.1, -0.05) is 17.8 Å². The highest BCUT2D eigenvalue weighted by molar-refractivity contribution is 8.16. The summed E-state index contributed by atoms with van der Waals surface area (Å²) in [6, 6.07) is 5.49. The van der Waals surface area contributed by atoms with Gasteiger partial charge in [-0.15, -0.1) is 0 Å². The minimum absolute atomic E-state index is 0.112. The van der Waals surface area contributed by atoms with Crippen molar-refractivity contribution in [2.24, 2.45) is 4.99 Å². The maximum Gasteiger partial charge on any atom is 0.416 e. The number of carbonyl (C=O) groups is 1. The van der Waals surface area contributed by atoms with E-state index in [9.17, 15) is 26.4 Å². The second kappa shape index (κ2) is 6.59. The SMILES string of the molecule is N#CCC(=O)N=C1S[C@H]2CS(=O)(=O)C[C@H]2N1c1cccc(C(F)(F)F)c1. The molecule has 0 aliphatic carbocycles. The van der Waals surface area contributed by atoms with E-state index < -0.39 is 45.2 Å². The molecule has 2 atom stereocenters. The molecule has 2 aliphatic heterocycles. The average Bonchev–Trinajstić information content (AvgIpc) is 2.97. The van der Waals surface area contributed by atoms with Crippen LogP contribution in [0.4, 0.5) is 18.9 Å². The lowest BCUT2D eigenvalue weighted by molar-refractivity contribution is -0.137. The van der Waals surface area contributed by atoms with Crippen molar-refractivity contribution in [3.8, 4) is 6.07 Å². The monoisotopic (exact) mass is 403 g/mol. The fraction of sp³-hybridized carbons (Fsp3) is 0.400. The van der Waals surface area contributed by atoms with Crippen molar-refractivity contribution < 1.29 is 26.4 Å². The number of thioether (sulfide) groups is 1. The van der Waals surface area contributed by atoms with E-state index in [1.807, 2.05) is 0 Å². The normalized spacial score (nSPS) is 25.9. The van der Waals surface area contributed by atoms with E-state index in [1.54, 1.807) is 6.07 Å². The van der Waals surface area contributed by atoms with Crippen LogP contribution in [0.25, 0.3) is 0 Å². The molecule has 1 aromatic rings. The zero-order valence-electron chi connectivity index (χ0n) is 13.1. The summed E-state index contributed by atoms with van der Waals surface area (Å²) in [7, 11) is -3.32. The Labute approximate surface area is 151 Å². The summed E-state index contributed by atoms with van der Waals surface area (Å²) >= 11 is 1.04. The van der Waals surface area contributed by atoms with E-state index >= 15 is 0 Å². The van der Waals surface area contributed by atoms with Crippen molar-refractivity contribution in [3.63, 3.8) is 0 Å². The number of aliphatic imine (C=N–C) groups is 1. The summed E-state index contributed by atoms with van der Waals surface area (Å²) in [4.78, 5) is 16.9. The molecule has 0 radical (unpaired) electrons. The van der Waals surface area contributed by atoms with Gasteiger partial charge in [0.25, 0.3) is 5.91 Å². The van der Waals surface area contributed by atoms with Crippen molar-refractivity contribution in [3.05, 3.63) is 29.8 Å². The summed E-state index contributed by atoms with van der Waals surface area (Å²) in [5, 5.41) is 8.28. The van der Waals surface area contributed by atoms with Crippen molar-refractivity contribution in [1.29, 1.82) is 5.26 Å². The molecular weight excluding hydrogens is 391 g/mol. The molecule has 3 rings (SSSR count). The summed E-state index contributed by atoms with van der Waals surface area (Å²) < 4.78 is 62.9. The van der Waals surface area contributed by atoms with Crippen LogP contribution in [0.2, 0.25) is 0 Å². The summed E-state index contributed by atoms with van der Waals surface area (Å²) in [6.45, 7) is 0. The Morgan fingerprint density at radius 2 is 2.12 bits per heavy atom. The number of halogens is 3. The average molecular weight is 403 g/mol. The van der Waals surface area contributed by atoms with Crippen LogP contribution in [-0.4, -0.2) is 42.3 Å². The van der Waals surface area contributed by atoms with Crippen molar-refractivity contribution in [2.45, 2.75) is 23.9 Å². The van der Waals surface area contributed by atoms with Crippen LogP contribution in [0.5, 0.6) is 0 Å². The van der Waals surface area contributed by atoms with Gasteiger partial charge < -0.3 is 4.90 Å². The molecule has 2 saturated heterocycles. The van der Waals surface area contributed by atoms with Gasteiger partial charge in [-0.2, -0.15) is 23.4 Å². The van der Waals surface area contributed by atoms with Crippen LogP contribution in [0.15, 0.2) is 29.3 Å². The summed E-state index contributed by atoms with van der Waals surface area (Å²) in [5.74, 6) is -1.09. The largest absolute Gasteiger partial charge is 0.416 e. The predicted octanol–water partition coefficient (Wildman–Crippen LogP) is 2.22. The summed E-state index contributed by atoms with van der Waals surface area (Å²) in [6.07, 6.45) is -5.02. The minimum atomic E-state index is -4.56. The maximum absolute atomic E-state index is 13.0. The zero-order valence-corrected chi connectivity index (χ0v) is 14.7. The number of carbonyl (C=O) groups excluding carboxylic acids is 1. The Kier molecular flexibility index (Phi) is 4.74. The molecule has 26 heavy (non-hydrogen) atoms. The van der Waals surface area contributed by atoms with E-state index in [4.69, 9.17) is 5.26 Å². The van der Waals surface area contributed by atoms with Crippen molar-refractivity contribution >= 4 is 38.4 Å². The standard InChI is InChI=1S/C15H12F3N3O3S2/c16-15(17,18)9-2-1-3-10(6-9)21-11-7-26(23,24)8-12(11)25-14(21)20-13(22)4-5-19/h1-3,6,11-12H,4,7-8H2/t11-,12+/m1/s1. The third kappa shape index (κ3) is 3.71. The van der Waals surface area contributed by atoms with E-state index in [2.05, 4.69) is 4.99 Å². The van der Waals surface area contributed by atoms with Crippen LogP contribution in [-0.2, 0) is 20.8 Å². The second-order valence-corrected chi connectivity index (χ2v) is 9.20. The molecule has 0 bridgehead atoms. The topological polar surface area (TPSA) is 90.6 Å². The lowest BCUT2D eigenvalue weighted by Crippen LogP contribution is -2.37. The third-order valence-corrected chi connectivity index (χ3v) is 7.18. The first-order chi connectivity index (χ1) is 12.1. The number of hydrogen-bond donors (Lipinski definition) is 0. The first-order valence-electron chi connectivity index (χ1n) is 7.43. The van der Waals surface area contributed by atoms with Crippen LogP contribution < -0.4 is 4.90 Å². The molecule has 0 N–H and O–H groups in total. The van der Waals surface area contributed by atoms with Crippen LogP contribution in [0.1, 0.15) is 12.0 Å². The number of amides is 1. The molecule has 6 nitrogen and oxygen atoms in total. The van der Waals surface area contributed by atoms with Gasteiger partial charge in [0.1, 0.15) is 6.42 Å². The number of nitriles is 1. The van der Waals surface area contributed by atoms with Crippen LogP contribution in [0, 0.1) is 11.3 Å². The number of fused-ring (bicyclic) bond motifs is 1. The molecule has 0 aromatic heterocycles. The highest BCUT2D eigenvalue weighted by atomic mass is 32.2. The van der Waals surface area contributed by atoms with Gasteiger partial charge in [0, 0.05) is 10.9 Å². The molecule has 2 aliphatic rings. The number of sulfone groups is 1. The van der Waals surface area contributed by atoms with Gasteiger partial charge in [-0.3, -0.25) is 4.79 Å². The fourth-order valence-electron chi connectivity index (χ4n) is 2.91. The van der Waals surface area contributed by atoms with Gasteiger partial charge in [0.05, 0.1) is 29.2 Å². The Morgan fingerprint density at radius 1 is 1.38 bits per heavy atom. The third-order valence-electron chi connectivity index (χ3n) is 3.97. The first kappa shape index (κ1) is 18.7. The highest BCUT2D eigenvalue weighted by Crippen LogP contribution is 2.42. The Balaban J connectivity index is 2.04. The van der Waals surface area contributed by atoms with Crippen LogP contribution >= 0.6 is 11.8 Å². The quantitative estimate of drug-likeness (QED) is 0.752. The molecule has 1 amide bonds. The zero-order chi connectivity index (χ0) is 19.1. The molecule has 0 unspecified atom stereocenters. The molecule has 0 spiro atoms. The molecule has 2 heterocycles. The first-order valence-corrected chi connectivity index (χ1v) is 10.1. The highest BCUT2D eigenvalue weighted by Gasteiger charge is 2.49. The van der Waals surface area contributed by atoms with Crippen molar-refractivity contribution in [2.75, 3.05) is 16.4 Å². The molecular formula is C15H12F3N3O3S2. The molecule has 2 fully saturated rings. The van der Waals surface area contributed by atoms with Crippen LogP contribution in [0.3, 0.4) is 0 Å². The molecule has 11 heteroatoms. The number of nitrogens with zero attached hydrogens (tertiary/aromatic N) is 3. The lowest BCUT2D eigenvalue weighted by Gasteiger charge is -2.25. The number of hydrogen-bond acceptors (Lipinski definition) is 5. The number of rotatable bonds is 2. The minimum Gasteiger partial charge on any atom is -0.316 e. The molecule has 0 saturated carbocycles. The van der Waals surface area contributed by atoms with E-state index in [0.29, 0.717) is 0 Å².